The van der Waals surface area contributed by atoms with Crippen LogP contribution in [0.5, 0.6) is 5.75 Å². The van der Waals surface area contributed by atoms with Gasteiger partial charge in [0, 0.05) is 43.6 Å². The molecule has 24 heteroatoms. The Balaban J connectivity index is 0.978. The van der Waals surface area contributed by atoms with E-state index in [1.165, 1.54) is 51.1 Å². The Morgan fingerprint density at radius 1 is 0.833 bits per heavy atom. The van der Waals surface area contributed by atoms with Gasteiger partial charge in [-0.3, -0.25) is 43.7 Å². The Hall–Kier alpha value is -8.03. The van der Waals surface area contributed by atoms with E-state index in [1.54, 1.807) is 48.5 Å². The van der Waals surface area contributed by atoms with Crippen LogP contribution in [-0.4, -0.2) is 131 Å². The maximum absolute atomic E-state index is 13.6. The van der Waals surface area contributed by atoms with Crippen molar-refractivity contribution in [3.05, 3.63) is 122 Å². The van der Waals surface area contributed by atoms with Crippen molar-refractivity contribution in [2.24, 2.45) is 5.73 Å². The van der Waals surface area contributed by atoms with Crippen molar-refractivity contribution in [1.82, 2.24) is 26.3 Å². The largest absolute Gasteiger partial charge is 0.508 e. The van der Waals surface area contributed by atoms with Crippen molar-refractivity contribution in [3.63, 3.8) is 0 Å². The van der Waals surface area contributed by atoms with Crippen molar-refractivity contribution in [1.29, 1.82) is 0 Å². The molecule has 10 N–H and O–H groups in total. The third kappa shape index (κ3) is 17.0. The third-order valence-corrected chi connectivity index (χ3v) is 12.7. The van der Waals surface area contributed by atoms with Crippen LogP contribution in [0.25, 0.3) is 21.8 Å². The second-order valence-electron chi connectivity index (χ2n) is 18.7. The molecule has 0 bridgehead atoms. The number of aliphatic hydroxyl groups excluding tert-OH is 1. The number of benzene rings is 4. The van der Waals surface area contributed by atoms with Crippen molar-refractivity contribution in [3.8, 4) is 5.75 Å². The lowest BCUT2D eigenvalue weighted by Crippen LogP contribution is -2.66. The van der Waals surface area contributed by atoms with Crippen LogP contribution in [0.4, 0.5) is 11.4 Å². The molecule has 4 amide bonds. The summed E-state index contributed by atoms with van der Waals surface area (Å²) < 4.78 is 29.1. The number of aliphatic hydroxyl groups is 1. The molecule has 1 aromatic heterocycles. The van der Waals surface area contributed by atoms with Crippen molar-refractivity contribution >= 4 is 68.7 Å². The number of fused-ring (bicyclic) bond motifs is 2. The van der Waals surface area contributed by atoms with Crippen molar-refractivity contribution < 1.29 is 67.6 Å². The number of pyridine rings is 1. The van der Waals surface area contributed by atoms with E-state index in [9.17, 15) is 53.9 Å². The number of nitro benzene ring substituents is 1. The summed E-state index contributed by atoms with van der Waals surface area (Å²) in [5, 5.41) is 47.8. The van der Waals surface area contributed by atoms with E-state index in [0.29, 0.717) is 30.7 Å². The molecule has 8 atom stereocenters. The number of nitrogens with zero attached hydrogens (tertiary/aromatic N) is 1. The number of hydrogen-bond acceptors (Lipinski definition) is 18. The molecule has 0 radical (unpaired) electrons. The van der Waals surface area contributed by atoms with E-state index in [1.807, 2.05) is 12.1 Å². The first-order chi connectivity index (χ1) is 37.4. The minimum absolute atomic E-state index is 0.00851. The lowest BCUT2D eigenvalue weighted by atomic mass is 9.96. The number of amides is 4. The molecule has 1 aliphatic rings. The first-order valence-electron chi connectivity index (χ1n) is 25.5. The Bertz CT molecular complexity index is 2950. The number of aromatic nitrogens is 1. The number of non-ortho nitro benzene ring substituents is 1. The van der Waals surface area contributed by atoms with E-state index in [-0.39, 0.29) is 66.7 Å². The molecule has 418 valence electrons. The monoisotopic (exact) mass is 1080 g/mol. The first kappa shape index (κ1) is 59.2. The summed E-state index contributed by atoms with van der Waals surface area (Å²) in [5.41, 5.74) is 7.14. The van der Waals surface area contributed by atoms with Crippen LogP contribution in [-0.2, 0) is 65.7 Å². The molecule has 1 aliphatic heterocycles. The maximum atomic E-state index is 13.6. The number of anilines is 1. The average molecular weight is 1080 g/mol. The molecule has 0 saturated carbocycles. The van der Waals surface area contributed by atoms with Crippen molar-refractivity contribution in [2.45, 2.75) is 121 Å². The molecule has 6 rings (SSSR count). The van der Waals surface area contributed by atoms with Gasteiger partial charge in [0.2, 0.25) is 23.6 Å². The normalized spacial score (nSPS) is 18.2. The van der Waals surface area contributed by atoms with E-state index in [2.05, 4.69) is 31.6 Å². The predicted molar refractivity (Wildman–Crippen MR) is 283 cm³/mol. The summed E-state index contributed by atoms with van der Waals surface area (Å²) in [7, 11) is 0. The zero-order chi connectivity index (χ0) is 56.3. The van der Waals surface area contributed by atoms with Crippen LogP contribution >= 0.6 is 0 Å². The Morgan fingerprint density at radius 2 is 1.51 bits per heavy atom. The van der Waals surface area contributed by atoms with Gasteiger partial charge >= 0.3 is 11.9 Å². The number of carbonyl (C=O) groups excluding carboxylic acids is 6. The minimum Gasteiger partial charge on any atom is -0.508 e. The van der Waals surface area contributed by atoms with Crippen LogP contribution in [0.1, 0.15) is 70.4 Å². The zero-order valence-corrected chi connectivity index (χ0v) is 43.4. The smallest absolute Gasteiger partial charge is 0.307 e. The standard InChI is InChI=1S/C54H66N8O16/c1-31(52(70)61-40(51(55)69)20-22-43(65)74-28-34-13-7-4-8-14-34)58-53(71)32(2)77-50-47(59-33(3)63)54(76-29-35-15-9-5-10-16-35)78-42(49(50)68)30-75-44(66)23-26-56-24-11-6-12-25-57-39-19-21-41(62(72)73)46-45(39)48(67)37-27-36(64)17-18-38(37)60-46/h4-5,7-10,13-19,21,27,31-32,40,42,47,49-50,54,56-57,64,68H,6,11-12,20,22-26,28-30H2,1-3H3,(H2,55,69)(H,58,71)(H,59,63)(H,60,67)(H,61,70)/t31-,32+,40+,42+,47+,49+,50+,54+/m0/s1. The van der Waals surface area contributed by atoms with Gasteiger partial charge in [-0.25, -0.2) is 0 Å². The highest BCUT2D eigenvalue weighted by atomic mass is 16.7. The predicted octanol–water partition coefficient (Wildman–Crippen LogP) is 2.98. The van der Waals surface area contributed by atoms with Gasteiger partial charge in [-0.05, 0) is 75.0 Å². The SMILES string of the molecule is CC(=O)N[C@H]1[C@H](OCc2ccccc2)O[C@H](COC(=O)CCNCCCCCNc2ccc([N+](=O)[O-])c3[nH]c4ccc(O)cc4c(=O)c23)[C@@H](O)[C@@H]1O[C@H](C)C(=O)N[C@@H](C)C(=O)N[C@H](CCC(=O)OCc1ccccc1)C(N)=O. The number of rotatable bonds is 29. The maximum Gasteiger partial charge on any atom is 0.307 e. The number of aromatic amines is 1. The molecule has 0 spiro atoms. The number of phenols is 1. The molecule has 4 aromatic carbocycles. The number of carbonyl (C=O) groups is 6. The summed E-state index contributed by atoms with van der Waals surface area (Å²) >= 11 is 0. The molecular formula is C54H66N8O16. The number of nitrogens with one attached hydrogen (secondary N) is 6. The number of nitro groups is 1. The van der Waals surface area contributed by atoms with E-state index in [0.717, 1.165) is 24.0 Å². The minimum atomic E-state index is -1.61. The summed E-state index contributed by atoms with van der Waals surface area (Å²) in [6.07, 6.45) is -5.28. The number of hydrogen-bond donors (Lipinski definition) is 9. The molecule has 0 aliphatic carbocycles. The highest BCUT2D eigenvalue weighted by Crippen LogP contribution is 2.31. The van der Waals surface area contributed by atoms with Gasteiger partial charge < -0.3 is 71.2 Å². The van der Waals surface area contributed by atoms with Crippen LogP contribution in [0.3, 0.4) is 0 Å². The summed E-state index contributed by atoms with van der Waals surface area (Å²) in [6.45, 7) is 4.71. The molecule has 1 fully saturated rings. The van der Waals surface area contributed by atoms with Gasteiger partial charge in [0.15, 0.2) is 11.7 Å². The molecule has 1 saturated heterocycles. The first-order valence-corrected chi connectivity index (χ1v) is 25.5. The van der Waals surface area contributed by atoms with Gasteiger partial charge in [-0.15, -0.1) is 0 Å². The Morgan fingerprint density at radius 3 is 2.19 bits per heavy atom. The van der Waals surface area contributed by atoms with Crippen LogP contribution in [0, 0.1) is 10.1 Å². The van der Waals surface area contributed by atoms with Gasteiger partial charge in [0.1, 0.15) is 67.0 Å². The molecule has 78 heavy (non-hydrogen) atoms. The number of phenolic OH excluding ortho intramolecular Hbond substituents is 1. The molecule has 2 heterocycles. The highest BCUT2D eigenvalue weighted by molar-refractivity contribution is 6.03. The molecule has 24 nitrogen and oxygen atoms in total. The fourth-order valence-corrected chi connectivity index (χ4v) is 8.54. The van der Waals surface area contributed by atoms with Gasteiger partial charge in [-0.1, -0.05) is 67.1 Å². The fraction of sp³-hybridized carbons (Fsp3) is 0.426. The second-order valence-corrected chi connectivity index (χ2v) is 18.7. The average Bonchev–Trinajstić information content (AvgIpc) is 3.61. The zero-order valence-electron chi connectivity index (χ0n) is 43.4. The number of primary amides is 1. The number of ether oxygens (including phenoxy) is 5. The topological polar surface area (TPSA) is 351 Å². The highest BCUT2D eigenvalue weighted by Gasteiger charge is 2.49. The Kier molecular flexibility index (Phi) is 22.0. The van der Waals surface area contributed by atoms with E-state index >= 15 is 0 Å². The van der Waals surface area contributed by atoms with Crippen LogP contribution in [0.15, 0.2) is 95.8 Å². The Labute approximate surface area is 448 Å². The number of unbranched alkanes of at least 4 members (excludes halogenated alkanes) is 2. The van der Waals surface area contributed by atoms with E-state index < -0.39 is 101 Å². The van der Waals surface area contributed by atoms with Gasteiger partial charge in [-0.2, -0.15) is 0 Å². The number of esters is 2. The number of H-pyrrole nitrogens is 1. The summed E-state index contributed by atoms with van der Waals surface area (Å²) in [6, 6.07) is 21.2. The quantitative estimate of drug-likeness (QED) is 0.0109. The number of nitrogens with two attached hydrogens (primary N) is 1. The summed E-state index contributed by atoms with van der Waals surface area (Å²) in [5.74, 6) is -4.44. The second kappa shape index (κ2) is 28.9. The van der Waals surface area contributed by atoms with Crippen LogP contribution in [0.2, 0.25) is 0 Å². The van der Waals surface area contributed by atoms with Gasteiger partial charge in [0.25, 0.3) is 5.69 Å². The summed E-state index contributed by atoms with van der Waals surface area (Å²) in [4.78, 5) is 105. The lowest BCUT2D eigenvalue weighted by molar-refractivity contribution is -0.383. The van der Waals surface area contributed by atoms with E-state index in [4.69, 9.17) is 29.4 Å². The third-order valence-electron chi connectivity index (χ3n) is 12.7. The molecule has 5 aromatic rings. The van der Waals surface area contributed by atoms with Gasteiger partial charge in [0.05, 0.1) is 28.9 Å². The van der Waals surface area contributed by atoms with Crippen LogP contribution < -0.4 is 37.7 Å². The van der Waals surface area contributed by atoms with Crippen molar-refractivity contribution in [2.75, 3.05) is 31.6 Å². The lowest BCUT2D eigenvalue weighted by Gasteiger charge is -2.45. The number of aromatic hydroxyl groups is 1. The molecular weight excluding hydrogens is 1020 g/mol. The molecule has 0 unspecified atom stereocenters. The fourth-order valence-electron chi connectivity index (χ4n) is 8.54.